The largest absolute Gasteiger partial charge is 0.322 e. The van der Waals surface area contributed by atoms with Gasteiger partial charge in [0.05, 0.1) is 23.3 Å². The van der Waals surface area contributed by atoms with Crippen molar-refractivity contribution in [2.75, 3.05) is 18.4 Å². The average molecular weight is 484 g/mol. The van der Waals surface area contributed by atoms with Crippen LogP contribution in [-0.2, 0) is 5.41 Å². The molecule has 2 saturated carbocycles. The van der Waals surface area contributed by atoms with Gasteiger partial charge in [-0.25, -0.2) is 4.79 Å². The Hall–Kier alpha value is -3.35. The average Bonchev–Trinajstić information content (AvgIpc) is 3.61. The maximum Gasteiger partial charge on any atom is 0.322 e. The van der Waals surface area contributed by atoms with E-state index in [-0.39, 0.29) is 17.5 Å². The Morgan fingerprint density at radius 1 is 1.03 bits per heavy atom. The van der Waals surface area contributed by atoms with Crippen molar-refractivity contribution in [1.82, 2.24) is 9.80 Å². The normalized spacial score (nSPS) is 22.6. The number of amides is 2. The molecule has 6 nitrogen and oxygen atoms in total. The molecule has 0 aliphatic heterocycles. The molecule has 2 aromatic carbocycles. The Morgan fingerprint density at radius 3 is 2.33 bits per heavy atom. The van der Waals surface area contributed by atoms with Crippen LogP contribution in [0.2, 0.25) is 0 Å². The van der Waals surface area contributed by atoms with Gasteiger partial charge in [0.25, 0.3) is 0 Å². The fourth-order valence-corrected chi connectivity index (χ4v) is 6.19. The van der Waals surface area contributed by atoms with Crippen LogP contribution in [0.25, 0.3) is 0 Å². The first-order chi connectivity index (χ1) is 17.3. The van der Waals surface area contributed by atoms with E-state index in [1.54, 1.807) is 18.2 Å². The van der Waals surface area contributed by atoms with E-state index < -0.39 is 0 Å². The van der Waals surface area contributed by atoms with E-state index in [4.69, 9.17) is 0 Å². The molecular formula is C30H37N5O. The van der Waals surface area contributed by atoms with Crippen LogP contribution in [0.1, 0.15) is 70.1 Å². The minimum atomic E-state index is -0.0952. The van der Waals surface area contributed by atoms with Gasteiger partial charge in [-0.2, -0.15) is 10.5 Å². The van der Waals surface area contributed by atoms with Crippen LogP contribution in [0.4, 0.5) is 10.5 Å². The lowest BCUT2D eigenvalue weighted by molar-refractivity contribution is 0.120. The lowest BCUT2D eigenvalue weighted by atomic mass is 9.80. The van der Waals surface area contributed by atoms with E-state index >= 15 is 0 Å². The van der Waals surface area contributed by atoms with E-state index in [0.29, 0.717) is 35.8 Å². The third kappa shape index (κ3) is 5.40. The number of benzene rings is 2. The molecule has 188 valence electrons. The Morgan fingerprint density at radius 2 is 1.69 bits per heavy atom. The third-order valence-electron chi connectivity index (χ3n) is 8.15. The standard InChI is InChI=1S/C30H37N5O/c1-21(2)34(22(3)4)13-14-35(29(36)33-27-10-6-8-24(16-27)20-32)28-11-12-30(18-26(30)17-28)25-9-5-7-23(15-25)19-31/h5-10,15-16,21-22,26,28H,11-14,17-18H2,1-4H3,(H,33,36)/t26?,28?,30-/m1/s1. The number of anilines is 1. The first-order valence-electron chi connectivity index (χ1n) is 13.1. The van der Waals surface area contributed by atoms with E-state index in [2.05, 4.69) is 62.2 Å². The molecule has 0 bridgehead atoms. The summed E-state index contributed by atoms with van der Waals surface area (Å²) in [6.07, 6.45) is 4.08. The highest BCUT2D eigenvalue weighted by Crippen LogP contribution is 2.62. The molecule has 2 aliphatic carbocycles. The van der Waals surface area contributed by atoms with Gasteiger partial charge in [-0.15, -0.1) is 0 Å². The molecule has 0 spiro atoms. The van der Waals surface area contributed by atoms with Crippen LogP contribution < -0.4 is 5.32 Å². The predicted octanol–water partition coefficient (Wildman–Crippen LogP) is 5.89. The molecule has 2 fully saturated rings. The van der Waals surface area contributed by atoms with Crippen LogP contribution in [0.15, 0.2) is 48.5 Å². The molecule has 1 N–H and O–H groups in total. The number of nitrogens with one attached hydrogen (secondary N) is 1. The van der Waals surface area contributed by atoms with Gasteiger partial charge < -0.3 is 10.2 Å². The van der Waals surface area contributed by atoms with Crippen molar-refractivity contribution < 1.29 is 4.79 Å². The molecule has 2 unspecified atom stereocenters. The van der Waals surface area contributed by atoms with Crippen LogP contribution in [0.5, 0.6) is 0 Å². The molecule has 2 aromatic rings. The molecule has 0 heterocycles. The van der Waals surface area contributed by atoms with Gasteiger partial charge in [0, 0.05) is 36.9 Å². The number of rotatable bonds is 8. The Bertz CT molecular complexity index is 1170. The number of fused-ring (bicyclic) bond motifs is 1. The van der Waals surface area contributed by atoms with Gasteiger partial charge in [0.2, 0.25) is 0 Å². The summed E-state index contributed by atoms with van der Waals surface area (Å²) >= 11 is 0. The van der Waals surface area contributed by atoms with Crippen molar-refractivity contribution in [1.29, 1.82) is 10.5 Å². The van der Waals surface area contributed by atoms with E-state index in [1.807, 2.05) is 23.1 Å². The second-order valence-electron chi connectivity index (χ2n) is 10.9. The van der Waals surface area contributed by atoms with Crippen molar-refractivity contribution in [3.63, 3.8) is 0 Å². The molecule has 6 heteroatoms. The molecule has 0 radical (unpaired) electrons. The van der Waals surface area contributed by atoms with Crippen LogP contribution >= 0.6 is 0 Å². The fraction of sp³-hybridized carbons (Fsp3) is 0.500. The number of nitriles is 2. The van der Waals surface area contributed by atoms with Gasteiger partial charge in [0.15, 0.2) is 0 Å². The summed E-state index contributed by atoms with van der Waals surface area (Å²) in [5.74, 6) is 0.536. The molecule has 2 amide bonds. The van der Waals surface area contributed by atoms with Crippen LogP contribution in [0, 0.1) is 28.6 Å². The summed E-state index contributed by atoms with van der Waals surface area (Å²) in [6, 6.07) is 20.5. The summed E-state index contributed by atoms with van der Waals surface area (Å²) in [7, 11) is 0. The zero-order chi connectivity index (χ0) is 25.9. The zero-order valence-electron chi connectivity index (χ0n) is 21.9. The van der Waals surface area contributed by atoms with Crippen LogP contribution in [-0.4, -0.2) is 47.0 Å². The highest BCUT2D eigenvalue weighted by atomic mass is 16.2. The number of hydrogen-bond acceptors (Lipinski definition) is 4. The summed E-state index contributed by atoms with van der Waals surface area (Å²) in [4.78, 5) is 18.1. The summed E-state index contributed by atoms with van der Waals surface area (Å²) in [6.45, 7) is 10.3. The highest BCUT2D eigenvalue weighted by molar-refractivity contribution is 5.89. The number of hydrogen-bond donors (Lipinski definition) is 1. The van der Waals surface area contributed by atoms with Crippen LogP contribution in [0.3, 0.4) is 0 Å². The number of carbonyl (C=O) groups excluding carboxylic acids is 1. The highest BCUT2D eigenvalue weighted by Gasteiger charge is 2.58. The minimum Gasteiger partial charge on any atom is -0.320 e. The van der Waals surface area contributed by atoms with Crippen molar-refractivity contribution in [2.24, 2.45) is 5.92 Å². The van der Waals surface area contributed by atoms with Gasteiger partial charge in [0.1, 0.15) is 0 Å². The molecule has 2 aliphatic rings. The molecule has 0 saturated heterocycles. The Balaban J connectivity index is 1.51. The second kappa shape index (κ2) is 10.7. The van der Waals surface area contributed by atoms with Gasteiger partial charge in [-0.05, 0) is 101 Å². The second-order valence-corrected chi connectivity index (χ2v) is 10.9. The fourth-order valence-electron chi connectivity index (χ4n) is 6.19. The monoisotopic (exact) mass is 483 g/mol. The van der Waals surface area contributed by atoms with Crippen molar-refractivity contribution in [3.05, 3.63) is 65.2 Å². The zero-order valence-corrected chi connectivity index (χ0v) is 21.9. The minimum absolute atomic E-state index is 0.0952. The first kappa shape index (κ1) is 25.7. The quantitative estimate of drug-likeness (QED) is 0.507. The summed E-state index contributed by atoms with van der Waals surface area (Å²) < 4.78 is 0. The third-order valence-corrected chi connectivity index (χ3v) is 8.15. The number of carbonyl (C=O) groups is 1. The smallest absolute Gasteiger partial charge is 0.320 e. The summed E-state index contributed by atoms with van der Waals surface area (Å²) in [5.41, 5.74) is 3.34. The van der Waals surface area contributed by atoms with Crippen molar-refractivity contribution in [3.8, 4) is 12.1 Å². The Kier molecular flexibility index (Phi) is 7.67. The first-order valence-corrected chi connectivity index (χ1v) is 13.1. The maximum atomic E-state index is 13.6. The topological polar surface area (TPSA) is 83.2 Å². The van der Waals surface area contributed by atoms with Gasteiger partial charge in [-0.1, -0.05) is 18.2 Å². The predicted molar refractivity (Wildman–Crippen MR) is 142 cm³/mol. The molecule has 36 heavy (non-hydrogen) atoms. The SMILES string of the molecule is CC(C)N(CCN(C(=O)Nc1cccc(C#N)c1)C1CC[C@]2(c3cccc(C#N)c3)CC2C1)C(C)C. The van der Waals surface area contributed by atoms with Gasteiger partial charge >= 0.3 is 6.03 Å². The summed E-state index contributed by atoms with van der Waals surface area (Å²) in [5, 5.41) is 21.7. The van der Waals surface area contributed by atoms with E-state index in [0.717, 1.165) is 37.8 Å². The maximum absolute atomic E-state index is 13.6. The molecular weight excluding hydrogens is 446 g/mol. The van der Waals surface area contributed by atoms with E-state index in [1.165, 1.54) is 5.56 Å². The Labute approximate surface area is 215 Å². The van der Waals surface area contributed by atoms with Gasteiger partial charge in [-0.3, -0.25) is 4.90 Å². The number of urea groups is 1. The lowest BCUT2D eigenvalue weighted by Gasteiger charge is -2.39. The molecule has 0 aromatic heterocycles. The van der Waals surface area contributed by atoms with Crippen molar-refractivity contribution >= 4 is 11.7 Å². The number of nitrogens with zero attached hydrogens (tertiary/aromatic N) is 4. The molecule has 3 atom stereocenters. The van der Waals surface area contributed by atoms with E-state index in [9.17, 15) is 15.3 Å². The lowest BCUT2D eigenvalue weighted by Crippen LogP contribution is -2.50. The molecule has 4 rings (SSSR count). The van der Waals surface area contributed by atoms with Crippen molar-refractivity contribution in [2.45, 2.75) is 76.9 Å².